The van der Waals surface area contributed by atoms with Crippen molar-refractivity contribution in [1.82, 2.24) is 14.6 Å². The molecule has 0 spiro atoms. The highest BCUT2D eigenvalue weighted by Gasteiger charge is 2.24. The van der Waals surface area contributed by atoms with Gasteiger partial charge >= 0.3 is 0 Å². The van der Waals surface area contributed by atoms with Crippen LogP contribution in [0.4, 0.5) is 5.82 Å². The molecule has 198 valence electrons. The third-order valence-corrected chi connectivity index (χ3v) is 6.66. The monoisotopic (exact) mass is 515 g/mol. The number of amides is 1. The molecule has 1 aliphatic rings. The first-order valence-electron chi connectivity index (χ1n) is 12.7. The number of nitrogens with zero attached hydrogens (tertiary/aromatic N) is 3. The number of likely N-dealkylation sites (tertiary alicyclic amines) is 1. The molecule has 2 aromatic heterocycles. The van der Waals surface area contributed by atoms with Crippen LogP contribution in [0.2, 0.25) is 0 Å². The van der Waals surface area contributed by atoms with Crippen molar-refractivity contribution >= 4 is 22.6 Å². The van der Waals surface area contributed by atoms with Gasteiger partial charge in [-0.3, -0.25) is 9.47 Å². The van der Waals surface area contributed by atoms with Crippen LogP contribution in [0.5, 0.6) is 17.2 Å². The minimum absolute atomic E-state index is 0.219. The van der Waals surface area contributed by atoms with Crippen LogP contribution in [-0.4, -0.2) is 68.0 Å². The maximum Gasteiger partial charge on any atom is 0.256 e. The second-order valence-electron chi connectivity index (χ2n) is 9.44. The number of rotatable bonds is 11. The van der Waals surface area contributed by atoms with E-state index in [0.717, 1.165) is 30.4 Å². The van der Waals surface area contributed by atoms with E-state index in [0.29, 0.717) is 47.8 Å². The van der Waals surface area contributed by atoms with Gasteiger partial charge in [0.25, 0.3) is 5.91 Å². The van der Waals surface area contributed by atoms with Gasteiger partial charge in [0, 0.05) is 81.7 Å². The summed E-state index contributed by atoms with van der Waals surface area (Å²) in [6.45, 7) is 3.20. The van der Waals surface area contributed by atoms with E-state index in [1.807, 2.05) is 60.4 Å². The lowest BCUT2D eigenvalue weighted by molar-refractivity contribution is 0.102. The predicted octanol–water partition coefficient (Wildman–Crippen LogP) is 4.70. The molecule has 4 aromatic rings. The summed E-state index contributed by atoms with van der Waals surface area (Å²) < 4.78 is 19.3. The number of nitrogens with one attached hydrogen (secondary N) is 2. The van der Waals surface area contributed by atoms with Crippen LogP contribution in [-0.2, 0) is 4.74 Å². The van der Waals surface area contributed by atoms with E-state index >= 15 is 0 Å². The van der Waals surface area contributed by atoms with Crippen LogP contribution in [0.15, 0.2) is 67.0 Å². The van der Waals surface area contributed by atoms with Gasteiger partial charge in [-0.05, 0) is 42.9 Å². The molecule has 1 saturated heterocycles. The van der Waals surface area contributed by atoms with Crippen molar-refractivity contribution in [3.05, 3.63) is 78.1 Å². The zero-order valence-corrected chi connectivity index (χ0v) is 21.9. The zero-order valence-electron chi connectivity index (χ0n) is 21.9. The SMILES string of the molecule is CNn1ccc2cc(Oc3ccnc(NC(=O)c4ccc(C5CN(C)C5)cc4)c3)c(OCCCOC)cc21. The number of carbonyl (C=O) groups excluding carboxylic acids is 1. The molecule has 38 heavy (non-hydrogen) atoms. The molecule has 3 heterocycles. The number of ether oxygens (including phenoxy) is 3. The van der Waals surface area contributed by atoms with Crippen LogP contribution >= 0.6 is 0 Å². The van der Waals surface area contributed by atoms with Gasteiger partial charge < -0.3 is 29.9 Å². The van der Waals surface area contributed by atoms with Crippen LogP contribution in [0.3, 0.4) is 0 Å². The van der Waals surface area contributed by atoms with Gasteiger partial charge in [0.15, 0.2) is 11.5 Å². The quantitative estimate of drug-likeness (QED) is 0.280. The van der Waals surface area contributed by atoms with Crippen LogP contribution in [0, 0.1) is 0 Å². The number of aromatic nitrogens is 2. The van der Waals surface area contributed by atoms with E-state index in [-0.39, 0.29) is 5.91 Å². The van der Waals surface area contributed by atoms with E-state index in [1.54, 1.807) is 25.4 Å². The summed E-state index contributed by atoms with van der Waals surface area (Å²) >= 11 is 0. The Bertz CT molecular complexity index is 1400. The van der Waals surface area contributed by atoms with Crippen LogP contribution in [0.25, 0.3) is 10.9 Å². The summed E-state index contributed by atoms with van der Waals surface area (Å²) in [6, 6.07) is 17.1. The summed E-state index contributed by atoms with van der Waals surface area (Å²) in [7, 11) is 5.64. The summed E-state index contributed by atoms with van der Waals surface area (Å²) in [5, 5.41) is 3.87. The Balaban J connectivity index is 1.30. The Morgan fingerprint density at radius 1 is 1.05 bits per heavy atom. The van der Waals surface area contributed by atoms with Gasteiger partial charge in [-0.1, -0.05) is 12.1 Å². The Kier molecular flexibility index (Phi) is 7.76. The molecule has 9 nitrogen and oxygen atoms in total. The molecule has 0 radical (unpaired) electrons. The molecular formula is C29H33N5O4. The smallest absolute Gasteiger partial charge is 0.256 e. The predicted molar refractivity (Wildman–Crippen MR) is 148 cm³/mol. The first kappa shape index (κ1) is 25.6. The number of hydrogen-bond donors (Lipinski definition) is 2. The maximum absolute atomic E-state index is 12.9. The minimum Gasteiger partial charge on any atom is -0.490 e. The molecule has 0 atom stereocenters. The van der Waals surface area contributed by atoms with Crippen LogP contribution in [0.1, 0.15) is 28.3 Å². The fraction of sp³-hybridized carbons (Fsp3) is 0.310. The van der Waals surface area contributed by atoms with E-state index in [2.05, 4.69) is 27.7 Å². The number of anilines is 1. The Morgan fingerprint density at radius 3 is 2.61 bits per heavy atom. The summed E-state index contributed by atoms with van der Waals surface area (Å²) in [5.41, 5.74) is 5.94. The number of fused-ring (bicyclic) bond motifs is 1. The van der Waals surface area contributed by atoms with Gasteiger partial charge in [0.05, 0.1) is 12.1 Å². The topological polar surface area (TPSA) is 89.9 Å². The van der Waals surface area contributed by atoms with E-state index < -0.39 is 0 Å². The second kappa shape index (κ2) is 11.5. The lowest BCUT2D eigenvalue weighted by Gasteiger charge is -2.36. The highest BCUT2D eigenvalue weighted by molar-refractivity contribution is 6.03. The van der Waals surface area contributed by atoms with Gasteiger partial charge in [-0.2, -0.15) is 0 Å². The molecule has 1 aliphatic heterocycles. The van der Waals surface area contributed by atoms with Gasteiger partial charge in [-0.15, -0.1) is 0 Å². The van der Waals surface area contributed by atoms with Crippen molar-refractivity contribution in [3.63, 3.8) is 0 Å². The van der Waals surface area contributed by atoms with Crippen molar-refractivity contribution in [2.24, 2.45) is 0 Å². The highest BCUT2D eigenvalue weighted by Crippen LogP contribution is 2.36. The van der Waals surface area contributed by atoms with Crippen molar-refractivity contribution < 1.29 is 19.0 Å². The van der Waals surface area contributed by atoms with E-state index in [9.17, 15) is 4.79 Å². The third-order valence-electron chi connectivity index (χ3n) is 6.66. The molecule has 5 rings (SSSR count). The lowest BCUT2D eigenvalue weighted by atomic mass is 9.91. The Labute approximate surface area is 222 Å². The molecule has 0 unspecified atom stereocenters. The first-order chi connectivity index (χ1) is 18.5. The number of pyridine rings is 1. The molecule has 0 aliphatic carbocycles. The number of hydrogen-bond acceptors (Lipinski definition) is 7. The second-order valence-corrected chi connectivity index (χ2v) is 9.44. The van der Waals surface area contributed by atoms with E-state index in [4.69, 9.17) is 14.2 Å². The number of carbonyl (C=O) groups is 1. The largest absolute Gasteiger partial charge is 0.490 e. The molecule has 9 heteroatoms. The van der Waals surface area contributed by atoms with Gasteiger partial charge in [0.2, 0.25) is 0 Å². The van der Waals surface area contributed by atoms with Gasteiger partial charge in [0.1, 0.15) is 11.6 Å². The standard InChI is InChI=1S/C29H33N5O4/c1-30-34-12-10-22-15-27(26(17-25(22)34)37-14-4-13-36-3)38-24-9-11-31-28(16-24)32-29(35)21-7-5-20(6-8-21)23-18-33(2)19-23/h5-12,15-17,23,30H,4,13-14,18-19H2,1-3H3,(H,31,32,35). The van der Waals surface area contributed by atoms with Gasteiger partial charge in [-0.25, -0.2) is 4.98 Å². The minimum atomic E-state index is -0.219. The van der Waals surface area contributed by atoms with Crippen molar-refractivity contribution in [2.45, 2.75) is 12.3 Å². The molecule has 2 N–H and O–H groups in total. The fourth-order valence-electron chi connectivity index (χ4n) is 4.59. The average Bonchev–Trinajstić information content (AvgIpc) is 3.31. The number of methoxy groups -OCH3 is 1. The Morgan fingerprint density at radius 2 is 1.87 bits per heavy atom. The molecule has 0 bridgehead atoms. The highest BCUT2D eigenvalue weighted by atomic mass is 16.5. The molecule has 0 saturated carbocycles. The number of likely N-dealkylation sites (N-methyl/N-ethyl adjacent to an activating group) is 1. The normalized spacial score (nSPS) is 13.8. The Hall–Kier alpha value is -4.08. The summed E-state index contributed by atoms with van der Waals surface area (Å²) in [6.07, 6.45) is 4.31. The first-order valence-corrected chi connectivity index (χ1v) is 12.7. The van der Waals surface area contributed by atoms with Crippen molar-refractivity contribution in [2.75, 3.05) is 58.3 Å². The molecule has 1 amide bonds. The number of benzene rings is 2. The summed E-state index contributed by atoms with van der Waals surface area (Å²) in [4.78, 5) is 19.4. The van der Waals surface area contributed by atoms with Crippen molar-refractivity contribution in [1.29, 1.82) is 0 Å². The zero-order chi connectivity index (χ0) is 26.5. The molecule has 1 fully saturated rings. The lowest BCUT2D eigenvalue weighted by Crippen LogP contribution is -2.41. The maximum atomic E-state index is 12.9. The van der Waals surface area contributed by atoms with Crippen molar-refractivity contribution in [3.8, 4) is 17.2 Å². The average molecular weight is 516 g/mol. The molecule has 2 aromatic carbocycles. The van der Waals surface area contributed by atoms with Crippen LogP contribution < -0.4 is 20.2 Å². The third kappa shape index (κ3) is 5.74. The summed E-state index contributed by atoms with van der Waals surface area (Å²) in [5.74, 6) is 2.45. The molecular weight excluding hydrogens is 482 g/mol. The fourth-order valence-corrected chi connectivity index (χ4v) is 4.59. The van der Waals surface area contributed by atoms with E-state index in [1.165, 1.54) is 5.56 Å².